The quantitative estimate of drug-likeness (QED) is 0.110. The standard InChI is InChI=1S/C59H40.C49H34/c1-59(2)54-34-33-37-15-3-6-20-44(37)57(54)52-28-14-27-45(58(52)59)38-29-31-39(32-30-38)55-48-23-9-11-25-50(48)56(51-26-12-10-24-49(51)55)42-18-13-17-40(35-42)53-36-41-16-4-5-19-43(41)46-21-7-8-22-47(46)53;1-49(2)44-29-28-32-13-5-6-15-37(32)47(44)43-21-11-20-38(48(43)49)33-23-25-34(26-24-33)45-39-16-7-9-18-41(39)46(42-19-10-8-17-40(42)45)36-27-22-31-12-3-4-14-35(31)30-36/h3-36H,1-2H3;3-30H,1-2H3. The lowest BCUT2D eigenvalue weighted by molar-refractivity contribution is 0.662. The van der Waals surface area contributed by atoms with Crippen molar-refractivity contribution in [2.24, 2.45) is 0 Å². The number of rotatable bonds is 7. The number of hydrogen-bond acceptors (Lipinski definition) is 0. The highest BCUT2D eigenvalue weighted by atomic mass is 14.4. The average molecular weight is 1370 g/mol. The van der Waals surface area contributed by atoms with Gasteiger partial charge in [0, 0.05) is 10.8 Å². The summed E-state index contributed by atoms with van der Waals surface area (Å²) in [6.07, 6.45) is 0. The van der Waals surface area contributed by atoms with Crippen LogP contribution in [-0.2, 0) is 10.8 Å². The molecule has 22 rings (SSSR count). The highest BCUT2D eigenvalue weighted by Gasteiger charge is 2.40. The van der Waals surface area contributed by atoms with Gasteiger partial charge in [-0.2, -0.15) is 0 Å². The van der Waals surface area contributed by atoms with Crippen molar-refractivity contribution in [2.75, 3.05) is 0 Å². The first-order chi connectivity index (χ1) is 53.1. The Kier molecular flexibility index (Phi) is 14.5. The molecule has 0 N–H and O–H groups in total. The van der Waals surface area contributed by atoms with E-state index >= 15 is 0 Å². The second-order valence-electron chi connectivity index (χ2n) is 30.8. The lowest BCUT2D eigenvalue weighted by Gasteiger charge is -2.25. The largest absolute Gasteiger partial charge is 0.0616 e. The fraction of sp³-hybridized carbons (Fsp3) is 0.0556. The molecular weight excluding hydrogens is 1300 g/mol. The minimum Gasteiger partial charge on any atom is -0.0616 e. The van der Waals surface area contributed by atoms with Crippen LogP contribution in [0.5, 0.6) is 0 Å². The molecule has 0 unspecified atom stereocenters. The minimum atomic E-state index is -0.120. The zero-order chi connectivity index (χ0) is 71.9. The summed E-state index contributed by atoms with van der Waals surface area (Å²) in [5.74, 6) is 0. The van der Waals surface area contributed by atoms with E-state index in [9.17, 15) is 0 Å². The highest BCUT2D eigenvalue weighted by Crippen LogP contribution is 2.57. The van der Waals surface area contributed by atoms with E-state index in [1.807, 2.05) is 0 Å². The molecule has 0 heteroatoms. The van der Waals surface area contributed by atoms with Crippen LogP contribution in [0.15, 0.2) is 376 Å². The van der Waals surface area contributed by atoms with E-state index in [1.165, 1.54) is 219 Å². The van der Waals surface area contributed by atoms with E-state index in [1.54, 1.807) is 0 Å². The first-order valence-electron chi connectivity index (χ1n) is 38.0. The van der Waals surface area contributed by atoms with Crippen LogP contribution in [0.2, 0.25) is 0 Å². The lowest BCUT2D eigenvalue weighted by atomic mass is 9.78. The Hall–Kier alpha value is -13.3. The van der Waals surface area contributed by atoms with Crippen LogP contribution >= 0.6 is 0 Å². The van der Waals surface area contributed by atoms with Gasteiger partial charge in [0.15, 0.2) is 0 Å². The minimum absolute atomic E-state index is 0.102. The molecule has 0 aromatic heterocycles. The van der Waals surface area contributed by atoms with Gasteiger partial charge in [-0.3, -0.25) is 0 Å². The van der Waals surface area contributed by atoms with E-state index < -0.39 is 0 Å². The summed E-state index contributed by atoms with van der Waals surface area (Å²) in [6, 6.07) is 140. The smallest absolute Gasteiger partial charge is 0.0165 e. The molecule has 20 aromatic carbocycles. The molecule has 20 aromatic rings. The summed E-state index contributed by atoms with van der Waals surface area (Å²) in [5, 5.41) is 23.1. The molecular formula is C108H74. The van der Waals surface area contributed by atoms with Crippen molar-refractivity contribution in [2.45, 2.75) is 38.5 Å². The van der Waals surface area contributed by atoms with E-state index in [0.29, 0.717) is 0 Å². The molecule has 0 saturated carbocycles. The van der Waals surface area contributed by atoms with Crippen LogP contribution in [0.25, 0.3) is 197 Å². The highest BCUT2D eigenvalue weighted by molar-refractivity contribution is 6.24. The number of hydrogen-bond donors (Lipinski definition) is 0. The van der Waals surface area contributed by atoms with E-state index in [-0.39, 0.29) is 10.8 Å². The predicted octanol–water partition coefficient (Wildman–Crippen LogP) is 30.0. The molecule has 0 spiro atoms. The zero-order valence-electron chi connectivity index (χ0n) is 60.8. The first-order valence-corrected chi connectivity index (χ1v) is 38.0. The van der Waals surface area contributed by atoms with Gasteiger partial charge in [0.25, 0.3) is 0 Å². The second kappa shape index (κ2) is 24.7. The Morgan fingerprint density at radius 3 is 0.907 bits per heavy atom. The van der Waals surface area contributed by atoms with Crippen LogP contribution in [0, 0.1) is 0 Å². The second-order valence-corrected chi connectivity index (χ2v) is 30.8. The van der Waals surface area contributed by atoms with Crippen LogP contribution in [-0.4, -0.2) is 0 Å². The maximum absolute atomic E-state index is 2.40. The van der Waals surface area contributed by atoms with Gasteiger partial charge < -0.3 is 0 Å². The first kappa shape index (κ1) is 63.2. The topological polar surface area (TPSA) is 0 Å². The van der Waals surface area contributed by atoms with E-state index in [4.69, 9.17) is 0 Å². The maximum atomic E-state index is 2.40. The molecule has 108 heavy (non-hydrogen) atoms. The predicted molar refractivity (Wildman–Crippen MR) is 464 cm³/mol. The van der Waals surface area contributed by atoms with Gasteiger partial charge in [-0.05, 0) is 238 Å². The molecule has 0 fully saturated rings. The fourth-order valence-electron chi connectivity index (χ4n) is 19.4. The molecule has 0 heterocycles. The third kappa shape index (κ3) is 9.76. The number of fused-ring (bicyclic) bond motifs is 18. The molecule has 0 atom stereocenters. The van der Waals surface area contributed by atoms with Crippen molar-refractivity contribution in [3.8, 4) is 100 Å². The molecule has 0 nitrogen and oxygen atoms in total. The fourth-order valence-corrected chi connectivity index (χ4v) is 19.4. The van der Waals surface area contributed by atoms with Crippen molar-refractivity contribution in [1.29, 1.82) is 0 Å². The Labute approximate surface area is 629 Å². The van der Waals surface area contributed by atoms with Crippen molar-refractivity contribution in [3.63, 3.8) is 0 Å². The van der Waals surface area contributed by atoms with Crippen molar-refractivity contribution < 1.29 is 0 Å². The van der Waals surface area contributed by atoms with Gasteiger partial charge in [0.05, 0.1) is 0 Å². The van der Waals surface area contributed by atoms with Gasteiger partial charge in [0.1, 0.15) is 0 Å². The molecule has 0 radical (unpaired) electrons. The summed E-state index contributed by atoms with van der Waals surface area (Å²) in [7, 11) is 0. The molecule has 2 aliphatic rings. The van der Waals surface area contributed by atoms with Crippen LogP contribution in [0.4, 0.5) is 0 Å². The summed E-state index contributed by atoms with van der Waals surface area (Å²) >= 11 is 0. The Bertz CT molecular complexity index is 7030. The normalized spacial score (nSPS) is 13.1. The summed E-state index contributed by atoms with van der Waals surface area (Å²) in [6.45, 7) is 9.56. The monoisotopic (exact) mass is 1370 g/mol. The van der Waals surface area contributed by atoms with Crippen molar-refractivity contribution in [1.82, 2.24) is 0 Å². The molecule has 0 bridgehead atoms. The summed E-state index contributed by atoms with van der Waals surface area (Å²) in [4.78, 5) is 0. The molecule has 506 valence electrons. The van der Waals surface area contributed by atoms with Gasteiger partial charge in [-0.1, -0.05) is 386 Å². The third-order valence-electron chi connectivity index (χ3n) is 24.2. The Balaban J connectivity index is 0.000000140. The maximum Gasteiger partial charge on any atom is 0.0165 e. The molecule has 0 amide bonds. The van der Waals surface area contributed by atoms with Crippen LogP contribution in [0.3, 0.4) is 0 Å². The van der Waals surface area contributed by atoms with Crippen LogP contribution < -0.4 is 0 Å². The van der Waals surface area contributed by atoms with Gasteiger partial charge >= 0.3 is 0 Å². The molecule has 2 aliphatic carbocycles. The zero-order valence-corrected chi connectivity index (χ0v) is 60.8. The molecule has 0 aliphatic heterocycles. The Morgan fingerprint density at radius 1 is 0.148 bits per heavy atom. The van der Waals surface area contributed by atoms with Gasteiger partial charge in [0.2, 0.25) is 0 Å². The van der Waals surface area contributed by atoms with E-state index in [2.05, 4.69) is 404 Å². The summed E-state index contributed by atoms with van der Waals surface area (Å²) < 4.78 is 0. The van der Waals surface area contributed by atoms with Crippen molar-refractivity contribution >= 4 is 97.0 Å². The third-order valence-corrected chi connectivity index (χ3v) is 24.2. The molecule has 0 saturated heterocycles. The summed E-state index contributed by atoms with van der Waals surface area (Å²) in [5.41, 5.74) is 28.6. The van der Waals surface area contributed by atoms with Gasteiger partial charge in [-0.15, -0.1) is 0 Å². The van der Waals surface area contributed by atoms with Gasteiger partial charge in [-0.25, -0.2) is 0 Å². The SMILES string of the molecule is CC1(C)c2ccc3ccccc3c2-c2cccc(-c3ccc(-c4c5ccccc5c(-c5ccc6ccccc6c5)c5ccccc45)cc3)c21.CC1(C)c2ccc3ccccc3c2-c2cccc(-c3ccc(-c4c5ccccc5c(-c5cccc(-c6cc7ccccc7c7ccccc67)c5)c5ccccc45)cc3)c21. The van der Waals surface area contributed by atoms with E-state index in [0.717, 1.165) is 0 Å². The van der Waals surface area contributed by atoms with Crippen molar-refractivity contribution in [3.05, 3.63) is 398 Å². The van der Waals surface area contributed by atoms with Crippen LogP contribution in [0.1, 0.15) is 49.9 Å². The Morgan fingerprint density at radius 2 is 0.454 bits per heavy atom. The number of benzene rings is 20. The average Bonchev–Trinajstić information content (AvgIpc) is 1.60. The lowest BCUT2D eigenvalue weighted by Crippen LogP contribution is -2.16.